The third-order valence-corrected chi connectivity index (χ3v) is 9.13. The SMILES string of the molecule is CC/C=C/C=C/C=C/C=C/CCCCCCCC(=O)OCC(COC(=O)CC/C=C/C/C=C/CCCCCCCC)OC(=O)CCCCC/C=C/C=C/C=C/C=C/CC. The summed E-state index contributed by atoms with van der Waals surface area (Å²) in [6, 6.07) is 0. The van der Waals surface area contributed by atoms with E-state index in [4.69, 9.17) is 14.2 Å². The van der Waals surface area contributed by atoms with Crippen LogP contribution in [0.4, 0.5) is 0 Å². The van der Waals surface area contributed by atoms with Crippen molar-refractivity contribution in [2.75, 3.05) is 13.2 Å². The summed E-state index contributed by atoms with van der Waals surface area (Å²) in [5.41, 5.74) is 0. The highest BCUT2D eigenvalue weighted by atomic mass is 16.6. The van der Waals surface area contributed by atoms with Gasteiger partial charge in [0.2, 0.25) is 0 Å². The van der Waals surface area contributed by atoms with Crippen LogP contribution in [0, 0.1) is 0 Å². The van der Waals surface area contributed by atoms with Crippen molar-refractivity contribution in [3.05, 3.63) is 122 Å². The van der Waals surface area contributed by atoms with Crippen LogP contribution in [0.25, 0.3) is 0 Å². The van der Waals surface area contributed by atoms with Gasteiger partial charge in [0.15, 0.2) is 6.10 Å². The molecule has 0 aromatic rings. The number of unbranched alkanes of at least 4 members (excludes halogenated alkanes) is 14. The molecule has 59 heavy (non-hydrogen) atoms. The van der Waals surface area contributed by atoms with Crippen LogP contribution >= 0.6 is 0 Å². The number of carbonyl (C=O) groups excluding carboxylic acids is 3. The molecule has 0 saturated carbocycles. The van der Waals surface area contributed by atoms with Gasteiger partial charge in [0, 0.05) is 19.3 Å². The first kappa shape index (κ1) is 54.8. The molecule has 1 atom stereocenters. The average Bonchev–Trinajstić information content (AvgIpc) is 3.23. The Morgan fingerprint density at radius 1 is 0.373 bits per heavy atom. The minimum Gasteiger partial charge on any atom is -0.462 e. The topological polar surface area (TPSA) is 78.9 Å². The van der Waals surface area contributed by atoms with Crippen LogP contribution in [0.1, 0.15) is 175 Å². The van der Waals surface area contributed by atoms with Crippen molar-refractivity contribution >= 4 is 17.9 Å². The van der Waals surface area contributed by atoms with Gasteiger partial charge in [0.25, 0.3) is 0 Å². The van der Waals surface area contributed by atoms with Crippen LogP contribution < -0.4 is 0 Å². The van der Waals surface area contributed by atoms with Crippen LogP contribution in [0.2, 0.25) is 0 Å². The van der Waals surface area contributed by atoms with Gasteiger partial charge in [-0.05, 0) is 77.0 Å². The molecular formula is C53H82O6. The molecule has 0 radical (unpaired) electrons. The standard InChI is InChI=1S/C53H82O6/c1-4-7-10-13-16-19-22-25-26-29-31-34-37-40-43-46-52(55)58-49-50(59-53(56)47-44-41-38-35-32-28-24-21-18-15-12-9-6-3)48-57-51(54)45-42-39-36-33-30-27-23-20-17-14-11-8-5-2/h7,9-10,12-13,15-16,18-19,21-22,24-28,30,32,36,39,50H,4-6,8,11,14,17,20,23,29,31,33-35,37-38,40-49H2,1-3H3/b10-7+,12-9+,16-13+,18-15+,22-19+,24-21+,26-25+,30-27+,32-28+,39-36+. The lowest BCUT2D eigenvalue weighted by Gasteiger charge is -2.18. The van der Waals surface area contributed by atoms with E-state index < -0.39 is 6.10 Å². The van der Waals surface area contributed by atoms with Crippen molar-refractivity contribution in [2.45, 2.75) is 181 Å². The molecule has 0 aliphatic heterocycles. The van der Waals surface area contributed by atoms with Gasteiger partial charge in [-0.2, -0.15) is 0 Å². The summed E-state index contributed by atoms with van der Waals surface area (Å²) in [7, 11) is 0. The lowest BCUT2D eigenvalue weighted by atomic mass is 10.1. The highest BCUT2D eigenvalue weighted by Gasteiger charge is 2.19. The van der Waals surface area contributed by atoms with E-state index in [1.807, 2.05) is 66.8 Å². The van der Waals surface area contributed by atoms with Gasteiger partial charge in [0.05, 0.1) is 0 Å². The maximum atomic E-state index is 12.7. The largest absolute Gasteiger partial charge is 0.462 e. The predicted octanol–water partition coefficient (Wildman–Crippen LogP) is 15.0. The zero-order valence-electron chi connectivity index (χ0n) is 37.5. The van der Waals surface area contributed by atoms with Crippen LogP contribution in [0.15, 0.2) is 122 Å². The Morgan fingerprint density at radius 2 is 0.763 bits per heavy atom. The van der Waals surface area contributed by atoms with Crippen LogP contribution in [-0.2, 0) is 28.6 Å². The third-order valence-electron chi connectivity index (χ3n) is 9.13. The number of rotatable bonds is 39. The predicted molar refractivity (Wildman–Crippen MR) is 251 cm³/mol. The monoisotopic (exact) mass is 815 g/mol. The van der Waals surface area contributed by atoms with Crippen LogP contribution in [0.3, 0.4) is 0 Å². The molecule has 0 rings (SSSR count). The Balaban J connectivity index is 4.59. The van der Waals surface area contributed by atoms with Crippen molar-refractivity contribution in [2.24, 2.45) is 0 Å². The average molecular weight is 815 g/mol. The zero-order chi connectivity index (χ0) is 43.0. The van der Waals surface area contributed by atoms with E-state index in [1.165, 1.54) is 38.5 Å². The number of hydrogen-bond donors (Lipinski definition) is 0. The molecule has 6 nitrogen and oxygen atoms in total. The molecule has 0 spiro atoms. The zero-order valence-corrected chi connectivity index (χ0v) is 37.5. The Kier molecular flexibility index (Phi) is 43.2. The number of esters is 3. The van der Waals surface area contributed by atoms with Gasteiger partial charge < -0.3 is 14.2 Å². The van der Waals surface area contributed by atoms with E-state index >= 15 is 0 Å². The molecule has 0 aliphatic rings. The fraction of sp³-hybridized carbons (Fsp3) is 0.566. The molecule has 0 N–H and O–H groups in total. The molecule has 6 heteroatoms. The fourth-order valence-electron chi connectivity index (χ4n) is 5.69. The van der Waals surface area contributed by atoms with Crippen molar-refractivity contribution in [3.8, 4) is 0 Å². The Bertz CT molecular complexity index is 1300. The third kappa shape index (κ3) is 44.8. The van der Waals surface area contributed by atoms with Gasteiger partial charge in [-0.25, -0.2) is 0 Å². The second-order valence-corrected chi connectivity index (χ2v) is 14.7. The molecule has 0 aromatic carbocycles. The number of allylic oxidation sites excluding steroid dienone is 20. The molecule has 1 unspecified atom stereocenters. The number of carbonyl (C=O) groups is 3. The van der Waals surface area contributed by atoms with Crippen LogP contribution in [0.5, 0.6) is 0 Å². The molecule has 0 saturated heterocycles. The van der Waals surface area contributed by atoms with Crippen LogP contribution in [-0.4, -0.2) is 37.2 Å². The summed E-state index contributed by atoms with van der Waals surface area (Å²) in [6.45, 7) is 6.20. The molecule has 0 fully saturated rings. The summed E-state index contributed by atoms with van der Waals surface area (Å²) >= 11 is 0. The normalized spacial score (nSPS) is 13.2. The Labute approximate surface area is 361 Å². The van der Waals surface area contributed by atoms with Crippen molar-refractivity contribution < 1.29 is 28.6 Å². The summed E-state index contributed by atoms with van der Waals surface area (Å²) < 4.78 is 16.6. The highest BCUT2D eigenvalue weighted by molar-refractivity contribution is 5.71. The Hall–Kier alpha value is -4.19. The molecule has 0 aliphatic carbocycles. The Morgan fingerprint density at radius 3 is 1.29 bits per heavy atom. The first-order valence-electron chi connectivity index (χ1n) is 23.1. The molecule has 0 bridgehead atoms. The minimum absolute atomic E-state index is 0.128. The van der Waals surface area contributed by atoms with Gasteiger partial charge in [-0.3, -0.25) is 14.4 Å². The minimum atomic E-state index is -0.833. The molecule has 0 amide bonds. The number of hydrogen-bond acceptors (Lipinski definition) is 6. The molecule has 0 aromatic heterocycles. The fourth-order valence-corrected chi connectivity index (χ4v) is 5.69. The first-order chi connectivity index (χ1) is 29.0. The maximum Gasteiger partial charge on any atom is 0.306 e. The number of ether oxygens (including phenoxy) is 3. The molecular weight excluding hydrogens is 733 g/mol. The van der Waals surface area contributed by atoms with Crippen molar-refractivity contribution in [1.82, 2.24) is 0 Å². The summed E-state index contributed by atoms with van der Waals surface area (Å²) in [4.78, 5) is 37.8. The lowest BCUT2D eigenvalue weighted by molar-refractivity contribution is -0.166. The second-order valence-electron chi connectivity index (χ2n) is 14.7. The van der Waals surface area contributed by atoms with Gasteiger partial charge in [-0.1, -0.05) is 200 Å². The summed E-state index contributed by atoms with van der Waals surface area (Å²) in [5, 5.41) is 0. The highest BCUT2D eigenvalue weighted by Crippen LogP contribution is 2.11. The van der Waals surface area contributed by atoms with E-state index in [0.29, 0.717) is 19.3 Å². The quantitative estimate of drug-likeness (QED) is 0.0202. The van der Waals surface area contributed by atoms with Gasteiger partial charge in [0.1, 0.15) is 13.2 Å². The first-order valence-corrected chi connectivity index (χ1v) is 23.1. The summed E-state index contributed by atoms with van der Waals surface area (Å²) in [5.74, 6) is -1.07. The summed E-state index contributed by atoms with van der Waals surface area (Å²) in [6.07, 6.45) is 63.3. The van der Waals surface area contributed by atoms with E-state index in [2.05, 4.69) is 75.5 Å². The van der Waals surface area contributed by atoms with Crippen molar-refractivity contribution in [1.29, 1.82) is 0 Å². The smallest absolute Gasteiger partial charge is 0.306 e. The second kappa shape index (κ2) is 46.5. The van der Waals surface area contributed by atoms with E-state index in [1.54, 1.807) is 0 Å². The molecule has 0 heterocycles. The maximum absolute atomic E-state index is 12.7. The van der Waals surface area contributed by atoms with Gasteiger partial charge in [-0.15, -0.1) is 0 Å². The van der Waals surface area contributed by atoms with E-state index in [0.717, 1.165) is 83.5 Å². The lowest BCUT2D eigenvalue weighted by Crippen LogP contribution is -2.30. The molecule has 330 valence electrons. The van der Waals surface area contributed by atoms with Gasteiger partial charge >= 0.3 is 17.9 Å². The van der Waals surface area contributed by atoms with E-state index in [9.17, 15) is 14.4 Å². The van der Waals surface area contributed by atoms with Crippen molar-refractivity contribution in [3.63, 3.8) is 0 Å². The van der Waals surface area contributed by atoms with E-state index in [-0.39, 0.29) is 44.0 Å².